The van der Waals surface area contributed by atoms with Crippen molar-refractivity contribution >= 4 is 22.9 Å². The van der Waals surface area contributed by atoms with E-state index in [0.29, 0.717) is 12.6 Å². The van der Waals surface area contributed by atoms with Gasteiger partial charge in [0.05, 0.1) is 6.61 Å². The van der Waals surface area contributed by atoms with Crippen LogP contribution in [0.3, 0.4) is 0 Å². The van der Waals surface area contributed by atoms with E-state index in [1.807, 2.05) is 0 Å². The molecule has 1 fully saturated rings. The zero-order valence-corrected chi connectivity index (χ0v) is 9.09. The van der Waals surface area contributed by atoms with E-state index < -0.39 is 0 Å². The van der Waals surface area contributed by atoms with Crippen molar-refractivity contribution in [3.63, 3.8) is 0 Å². The number of nitrogens with zero attached hydrogens (tertiary/aromatic N) is 4. The van der Waals surface area contributed by atoms with Gasteiger partial charge in [-0.15, -0.1) is 10.2 Å². The standard InChI is InChI=1S/C6H10IN5O/c7-10-5-1-2-13-3-6(5)12-9-4-8-11-12/h4-6,10H,1-3H2. The zero-order valence-electron chi connectivity index (χ0n) is 6.93. The summed E-state index contributed by atoms with van der Waals surface area (Å²) in [4.78, 5) is 1.61. The molecule has 1 N–H and O–H groups in total. The fraction of sp³-hybridized carbons (Fsp3) is 0.833. The molecule has 1 aromatic rings. The van der Waals surface area contributed by atoms with Crippen molar-refractivity contribution < 1.29 is 4.74 Å². The van der Waals surface area contributed by atoms with Crippen molar-refractivity contribution in [2.45, 2.75) is 18.5 Å². The Hall–Kier alpha value is -0.280. The number of rotatable bonds is 2. The number of hydrogen-bond acceptors (Lipinski definition) is 5. The van der Waals surface area contributed by atoms with Gasteiger partial charge < -0.3 is 4.74 Å². The predicted molar refractivity (Wildman–Crippen MR) is 53.2 cm³/mol. The van der Waals surface area contributed by atoms with E-state index in [-0.39, 0.29) is 6.04 Å². The van der Waals surface area contributed by atoms with E-state index >= 15 is 0 Å². The van der Waals surface area contributed by atoms with Gasteiger partial charge in [-0.2, -0.15) is 4.80 Å². The van der Waals surface area contributed by atoms with Crippen molar-refractivity contribution in [2.24, 2.45) is 0 Å². The van der Waals surface area contributed by atoms with Crippen LogP contribution >= 0.6 is 22.9 Å². The molecule has 0 aliphatic carbocycles. The number of tetrazole rings is 1. The molecule has 7 heteroatoms. The van der Waals surface area contributed by atoms with E-state index in [1.54, 1.807) is 4.80 Å². The fourth-order valence-electron chi connectivity index (χ4n) is 1.40. The number of ether oxygens (including phenoxy) is 1. The minimum Gasteiger partial charge on any atom is -0.379 e. The van der Waals surface area contributed by atoms with Gasteiger partial charge in [-0.05, 0) is 11.6 Å². The van der Waals surface area contributed by atoms with Gasteiger partial charge in [0.1, 0.15) is 6.04 Å². The highest BCUT2D eigenvalue weighted by Gasteiger charge is 2.27. The molecule has 2 rings (SSSR count). The molecule has 0 bridgehead atoms. The molecule has 6 nitrogen and oxygen atoms in total. The monoisotopic (exact) mass is 295 g/mol. The Labute approximate surface area is 89.5 Å². The van der Waals surface area contributed by atoms with Crippen LogP contribution in [0.15, 0.2) is 6.33 Å². The molecule has 13 heavy (non-hydrogen) atoms. The lowest BCUT2D eigenvalue weighted by molar-refractivity contribution is 0.0343. The number of aromatic nitrogens is 4. The van der Waals surface area contributed by atoms with Crippen LogP contribution in [0, 0.1) is 0 Å². The van der Waals surface area contributed by atoms with Crippen molar-refractivity contribution in [1.82, 2.24) is 23.7 Å². The molecule has 1 saturated heterocycles. The fourth-order valence-corrected chi connectivity index (χ4v) is 2.13. The molecule has 2 unspecified atom stereocenters. The Morgan fingerprint density at radius 3 is 3.23 bits per heavy atom. The maximum absolute atomic E-state index is 5.37. The smallest absolute Gasteiger partial charge is 0.162 e. The van der Waals surface area contributed by atoms with Crippen molar-refractivity contribution in [3.05, 3.63) is 6.33 Å². The van der Waals surface area contributed by atoms with Gasteiger partial charge in [0, 0.05) is 35.5 Å². The van der Waals surface area contributed by atoms with E-state index in [4.69, 9.17) is 4.74 Å². The zero-order chi connectivity index (χ0) is 9.10. The summed E-state index contributed by atoms with van der Waals surface area (Å²) in [7, 11) is 0. The van der Waals surface area contributed by atoms with Crippen LogP contribution in [-0.4, -0.2) is 39.5 Å². The normalized spacial score (nSPS) is 29.0. The third-order valence-electron chi connectivity index (χ3n) is 2.13. The third kappa shape index (κ3) is 1.97. The highest BCUT2D eigenvalue weighted by Crippen LogP contribution is 2.18. The van der Waals surface area contributed by atoms with Gasteiger partial charge in [-0.25, -0.2) is 0 Å². The molecule has 1 aliphatic rings. The first-order valence-corrected chi connectivity index (χ1v) is 5.16. The van der Waals surface area contributed by atoms with Crippen LogP contribution < -0.4 is 3.53 Å². The van der Waals surface area contributed by atoms with Crippen molar-refractivity contribution in [3.8, 4) is 0 Å². The summed E-state index contributed by atoms with van der Waals surface area (Å²) in [5, 5.41) is 11.6. The van der Waals surface area contributed by atoms with Crippen LogP contribution in [0.5, 0.6) is 0 Å². The molecule has 2 heterocycles. The third-order valence-corrected chi connectivity index (χ3v) is 2.93. The lowest BCUT2D eigenvalue weighted by atomic mass is 10.1. The lowest BCUT2D eigenvalue weighted by Crippen LogP contribution is -2.41. The average molecular weight is 295 g/mol. The summed E-state index contributed by atoms with van der Waals surface area (Å²) in [6, 6.07) is 0.525. The maximum Gasteiger partial charge on any atom is 0.162 e. The first kappa shape index (κ1) is 9.28. The topological polar surface area (TPSA) is 64.9 Å². The summed E-state index contributed by atoms with van der Waals surface area (Å²) in [5.74, 6) is 0. The second-order valence-electron chi connectivity index (χ2n) is 2.90. The van der Waals surface area contributed by atoms with E-state index in [0.717, 1.165) is 13.0 Å². The number of hydrogen-bond donors (Lipinski definition) is 1. The van der Waals surface area contributed by atoms with Crippen molar-refractivity contribution in [1.29, 1.82) is 0 Å². The van der Waals surface area contributed by atoms with E-state index in [1.165, 1.54) is 6.33 Å². The van der Waals surface area contributed by atoms with E-state index in [2.05, 4.69) is 41.8 Å². The summed E-state index contributed by atoms with van der Waals surface area (Å²) in [6.07, 6.45) is 2.42. The van der Waals surface area contributed by atoms with Crippen LogP contribution in [0.4, 0.5) is 0 Å². The minimum absolute atomic E-state index is 0.160. The Morgan fingerprint density at radius 1 is 1.62 bits per heavy atom. The molecular weight excluding hydrogens is 285 g/mol. The quantitative estimate of drug-likeness (QED) is 0.612. The molecule has 72 valence electrons. The van der Waals surface area contributed by atoms with Gasteiger partial charge in [0.15, 0.2) is 6.33 Å². The van der Waals surface area contributed by atoms with Crippen LogP contribution in [0.1, 0.15) is 12.5 Å². The molecule has 1 aromatic heterocycles. The molecular formula is C6H10IN5O. The molecule has 0 aromatic carbocycles. The number of halogens is 1. The average Bonchev–Trinajstić information content (AvgIpc) is 2.70. The van der Waals surface area contributed by atoms with Gasteiger partial charge in [-0.1, -0.05) is 0 Å². The molecule has 0 spiro atoms. The minimum atomic E-state index is 0.160. The highest BCUT2D eigenvalue weighted by atomic mass is 127. The van der Waals surface area contributed by atoms with Crippen LogP contribution in [-0.2, 0) is 4.74 Å². The maximum atomic E-state index is 5.37. The predicted octanol–water partition coefficient (Wildman–Crippen LogP) is -0.0573. The van der Waals surface area contributed by atoms with Crippen molar-refractivity contribution in [2.75, 3.05) is 13.2 Å². The number of nitrogens with one attached hydrogen (secondary N) is 1. The summed E-state index contributed by atoms with van der Waals surface area (Å²) in [5.41, 5.74) is 0. The first-order valence-electron chi connectivity index (χ1n) is 4.08. The van der Waals surface area contributed by atoms with E-state index in [9.17, 15) is 0 Å². The SMILES string of the molecule is INC1CCOCC1n1ncnn1. The van der Waals surface area contributed by atoms with Gasteiger partial charge in [0.2, 0.25) is 0 Å². The highest BCUT2D eigenvalue weighted by molar-refractivity contribution is 14.1. The molecule has 0 amide bonds. The summed E-state index contributed by atoms with van der Waals surface area (Å²) >= 11 is 2.15. The lowest BCUT2D eigenvalue weighted by Gasteiger charge is -2.28. The Morgan fingerprint density at radius 2 is 2.54 bits per heavy atom. The van der Waals surface area contributed by atoms with Gasteiger partial charge in [0.25, 0.3) is 0 Å². The van der Waals surface area contributed by atoms with Crippen LogP contribution in [0.2, 0.25) is 0 Å². The van der Waals surface area contributed by atoms with Gasteiger partial charge >= 0.3 is 0 Å². The second kappa shape index (κ2) is 4.29. The molecule has 1 aliphatic heterocycles. The molecule has 0 saturated carbocycles. The molecule has 2 atom stereocenters. The largest absolute Gasteiger partial charge is 0.379 e. The van der Waals surface area contributed by atoms with Gasteiger partial charge in [-0.3, -0.25) is 3.53 Å². The Balaban J connectivity index is 2.11. The van der Waals surface area contributed by atoms with Crippen LogP contribution in [0.25, 0.3) is 0 Å². The first-order chi connectivity index (χ1) is 6.42. The Bertz CT molecular complexity index is 254. The second-order valence-corrected chi connectivity index (χ2v) is 3.53. The summed E-state index contributed by atoms with van der Waals surface area (Å²) in [6.45, 7) is 1.45. The summed E-state index contributed by atoms with van der Waals surface area (Å²) < 4.78 is 8.57. The molecule has 0 radical (unpaired) electrons. The Kier molecular flexibility index (Phi) is 3.06.